The highest BCUT2D eigenvalue weighted by atomic mass is 19.4. The molecule has 2 rings (SSSR count). The molecule has 2 amide bonds. The van der Waals surface area contributed by atoms with Gasteiger partial charge in [0.05, 0.1) is 6.10 Å². The van der Waals surface area contributed by atoms with Crippen molar-refractivity contribution < 1.29 is 23.1 Å². The number of alkyl halides is 3. The number of nitrogens with one attached hydrogen (secondary N) is 1. The van der Waals surface area contributed by atoms with Crippen molar-refractivity contribution in [3.05, 3.63) is 0 Å². The van der Waals surface area contributed by atoms with Crippen LogP contribution < -0.4 is 5.32 Å². The molecular weight excluding hydrogens is 273 g/mol. The highest BCUT2D eigenvalue weighted by molar-refractivity contribution is 5.75. The number of aliphatic hydroxyl groups excluding tert-OH is 1. The Kier molecular flexibility index (Phi) is 4.78. The van der Waals surface area contributed by atoms with E-state index in [0.29, 0.717) is 12.3 Å². The molecule has 0 radical (unpaired) electrons. The number of urea groups is 1. The minimum Gasteiger partial charge on any atom is -0.391 e. The van der Waals surface area contributed by atoms with Crippen molar-refractivity contribution in [1.29, 1.82) is 0 Å². The number of hydrogen-bond donors (Lipinski definition) is 2. The van der Waals surface area contributed by atoms with Gasteiger partial charge < -0.3 is 15.3 Å². The topological polar surface area (TPSA) is 52.6 Å². The number of rotatable bonds is 2. The van der Waals surface area contributed by atoms with Crippen LogP contribution in [0.25, 0.3) is 0 Å². The van der Waals surface area contributed by atoms with Crippen LogP contribution in [0.3, 0.4) is 0 Å². The largest absolute Gasteiger partial charge is 0.405 e. The van der Waals surface area contributed by atoms with Crippen LogP contribution in [0.4, 0.5) is 18.0 Å². The lowest BCUT2D eigenvalue weighted by atomic mass is 9.83. The molecule has 7 heteroatoms. The van der Waals surface area contributed by atoms with E-state index in [2.05, 4.69) is 0 Å². The van der Waals surface area contributed by atoms with Crippen LogP contribution in [-0.4, -0.2) is 47.4 Å². The molecule has 2 fully saturated rings. The molecule has 2 N–H and O–H groups in total. The first-order valence-corrected chi connectivity index (χ1v) is 7.16. The van der Waals surface area contributed by atoms with Gasteiger partial charge in [0.15, 0.2) is 0 Å². The molecule has 2 atom stereocenters. The summed E-state index contributed by atoms with van der Waals surface area (Å²) in [7, 11) is 0. The Balaban J connectivity index is 1.94. The molecule has 0 aromatic heterocycles. The van der Waals surface area contributed by atoms with Gasteiger partial charge in [0, 0.05) is 12.6 Å². The molecule has 0 aromatic rings. The molecule has 0 bridgehead atoms. The number of β-amino-alcohol motifs (C(OH)–C–C–N with tert-alkyl or cyclic N) is 1. The van der Waals surface area contributed by atoms with Crippen LogP contribution in [0, 0.1) is 5.92 Å². The Labute approximate surface area is 116 Å². The number of carbonyl (C=O) groups is 1. The molecular formula is C13H21F3N2O2. The average Bonchev–Trinajstić information content (AvgIpc) is 2.78. The van der Waals surface area contributed by atoms with Gasteiger partial charge in [-0.3, -0.25) is 0 Å². The maximum Gasteiger partial charge on any atom is 0.405 e. The zero-order valence-electron chi connectivity index (χ0n) is 11.3. The van der Waals surface area contributed by atoms with Crippen LogP contribution in [0.5, 0.6) is 0 Å². The van der Waals surface area contributed by atoms with Crippen LogP contribution in [-0.2, 0) is 0 Å². The summed E-state index contributed by atoms with van der Waals surface area (Å²) in [6.07, 6.45) is 0.772. The number of carbonyl (C=O) groups excluding carboxylic acids is 1. The van der Waals surface area contributed by atoms with Gasteiger partial charge in [-0.1, -0.05) is 19.3 Å². The average molecular weight is 294 g/mol. The fraction of sp³-hybridized carbons (Fsp3) is 0.923. The standard InChI is InChI=1S/C13H21F3N2O2/c14-13(15,16)8-17-12(20)18-7-10(19)6-11(18)9-4-2-1-3-5-9/h9-11,19H,1-8H2,(H,17,20)/t10-,11+/m1/s1. The minimum atomic E-state index is -4.41. The second kappa shape index (κ2) is 6.20. The van der Waals surface area contributed by atoms with Gasteiger partial charge in [-0.2, -0.15) is 13.2 Å². The van der Waals surface area contributed by atoms with Crippen molar-refractivity contribution >= 4 is 6.03 Å². The lowest BCUT2D eigenvalue weighted by molar-refractivity contribution is -0.123. The molecule has 0 aromatic carbocycles. The van der Waals surface area contributed by atoms with Crippen molar-refractivity contribution in [3.63, 3.8) is 0 Å². The third kappa shape index (κ3) is 4.01. The number of amides is 2. The van der Waals surface area contributed by atoms with Crippen LogP contribution in [0.15, 0.2) is 0 Å². The summed E-state index contributed by atoms with van der Waals surface area (Å²) in [4.78, 5) is 13.3. The quantitative estimate of drug-likeness (QED) is 0.821. The predicted octanol–water partition coefficient (Wildman–Crippen LogP) is 2.27. The highest BCUT2D eigenvalue weighted by Gasteiger charge is 2.40. The molecule has 0 unspecified atom stereocenters. The fourth-order valence-corrected chi connectivity index (χ4v) is 3.32. The van der Waals surface area contributed by atoms with Crippen LogP contribution >= 0.6 is 0 Å². The zero-order valence-corrected chi connectivity index (χ0v) is 11.3. The van der Waals surface area contributed by atoms with Gasteiger partial charge in [-0.15, -0.1) is 0 Å². The summed E-state index contributed by atoms with van der Waals surface area (Å²) < 4.78 is 36.4. The van der Waals surface area contributed by atoms with E-state index in [9.17, 15) is 23.1 Å². The third-order valence-corrected chi connectivity index (χ3v) is 4.22. The first-order valence-electron chi connectivity index (χ1n) is 7.16. The van der Waals surface area contributed by atoms with Gasteiger partial charge in [0.25, 0.3) is 0 Å². The predicted molar refractivity (Wildman–Crippen MR) is 67.1 cm³/mol. The number of hydrogen-bond acceptors (Lipinski definition) is 2. The van der Waals surface area contributed by atoms with Crippen molar-refractivity contribution in [1.82, 2.24) is 10.2 Å². The number of nitrogens with zero attached hydrogens (tertiary/aromatic N) is 1. The van der Waals surface area contributed by atoms with Crippen molar-refractivity contribution in [3.8, 4) is 0 Å². The zero-order chi connectivity index (χ0) is 14.8. The van der Waals surface area contributed by atoms with Gasteiger partial charge in [0.2, 0.25) is 0 Å². The van der Waals surface area contributed by atoms with E-state index >= 15 is 0 Å². The molecule has 4 nitrogen and oxygen atoms in total. The summed E-state index contributed by atoms with van der Waals surface area (Å²) in [5.74, 6) is 0.303. The summed E-state index contributed by atoms with van der Waals surface area (Å²) in [6, 6.07) is -0.840. The Bertz CT molecular complexity index is 343. The summed E-state index contributed by atoms with van der Waals surface area (Å²) in [5, 5.41) is 11.6. The molecule has 1 heterocycles. The van der Waals surface area contributed by atoms with Gasteiger partial charge in [-0.25, -0.2) is 4.79 Å². The summed E-state index contributed by atoms with van der Waals surface area (Å²) in [6.45, 7) is -1.19. The Morgan fingerprint density at radius 1 is 1.25 bits per heavy atom. The fourth-order valence-electron chi connectivity index (χ4n) is 3.32. The van der Waals surface area contributed by atoms with Crippen molar-refractivity contribution in [2.75, 3.05) is 13.1 Å². The van der Waals surface area contributed by atoms with Crippen molar-refractivity contribution in [2.24, 2.45) is 5.92 Å². The summed E-state index contributed by atoms with van der Waals surface area (Å²) >= 11 is 0. The molecule has 1 aliphatic carbocycles. The molecule has 1 saturated carbocycles. The van der Waals surface area contributed by atoms with Crippen LogP contribution in [0.1, 0.15) is 38.5 Å². The first-order chi connectivity index (χ1) is 9.37. The highest BCUT2D eigenvalue weighted by Crippen LogP contribution is 2.34. The Morgan fingerprint density at radius 2 is 1.90 bits per heavy atom. The van der Waals surface area contributed by atoms with Gasteiger partial charge in [-0.05, 0) is 25.2 Å². The maximum atomic E-state index is 12.1. The molecule has 20 heavy (non-hydrogen) atoms. The first kappa shape index (κ1) is 15.4. The van der Waals surface area contributed by atoms with Gasteiger partial charge >= 0.3 is 12.2 Å². The monoisotopic (exact) mass is 294 g/mol. The van der Waals surface area contributed by atoms with E-state index in [4.69, 9.17) is 0 Å². The second-order valence-electron chi connectivity index (χ2n) is 5.78. The molecule has 1 aliphatic heterocycles. The van der Waals surface area contributed by atoms with E-state index in [-0.39, 0.29) is 12.6 Å². The molecule has 2 aliphatic rings. The van der Waals surface area contributed by atoms with E-state index < -0.39 is 24.9 Å². The SMILES string of the molecule is O=C(NCC(F)(F)F)N1C[C@H](O)C[C@H]1C1CCCCC1. The smallest absolute Gasteiger partial charge is 0.391 e. The Morgan fingerprint density at radius 3 is 2.50 bits per heavy atom. The lowest BCUT2D eigenvalue weighted by Crippen LogP contribution is -2.48. The lowest BCUT2D eigenvalue weighted by Gasteiger charge is -2.33. The maximum absolute atomic E-state index is 12.1. The molecule has 116 valence electrons. The second-order valence-corrected chi connectivity index (χ2v) is 5.78. The van der Waals surface area contributed by atoms with E-state index in [0.717, 1.165) is 25.7 Å². The normalized spacial score (nSPS) is 28.7. The number of likely N-dealkylation sites (tertiary alicyclic amines) is 1. The van der Waals surface area contributed by atoms with Crippen molar-refractivity contribution in [2.45, 2.75) is 56.8 Å². The Hall–Kier alpha value is -0.980. The van der Waals surface area contributed by atoms with E-state index in [1.54, 1.807) is 0 Å². The summed E-state index contributed by atoms with van der Waals surface area (Å²) in [5.41, 5.74) is 0. The van der Waals surface area contributed by atoms with E-state index in [1.165, 1.54) is 11.3 Å². The third-order valence-electron chi connectivity index (χ3n) is 4.22. The van der Waals surface area contributed by atoms with Crippen LogP contribution in [0.2, 0.25) is 0 Å². The van der Waals surface area contributed by atoms with Gasteiger partial charge in [0.1, 0.15) is 6.54 Å². The number of aliphatic hydroxyl groups is 1. The number of halogens is 3. The molecule has 1 saturated heterocycles. The minimum absolute atomic E-state index is 0.126. The van der Waals surface area contributed by atoms with E-state index in [1.807, 2.05) is 5.32 Å². The molecule has 0 spiro atoms.